The third-order valence-corrected chi connectivity index (χ3v) is 5.03. The molecule has 5 heteroatoms. The number of benzene rings is 1. The molecule has 1 saturated heterocycles. The fourth-order valence-electron chi connectivity index (χ4n) is 2.27. The molecule has 0 aromatic heterocycles. The van der Waals surface area contributed by atoms with Gasteiger partial charge in [-0.05, 0) is 34.1 Å². The van der Waals surface area contributed by atoms with E-state index in [0.717, 1.165) is 42.8 Å². The van der Waals surface area contributed by atoms with E-state index in [4.69, 9.17) is 11.6 Å². The second-order valence-electron chi connectivity index (χ2n) is 4.70. The zero-order valence-corrected chi connectivity index (χ0v) is 13.4. The normalized spacial score (nSPS) is 16.7. The van der Waals surface area contributed by atoms with E-state index in [1.807, 2.05) is 23.1 Å². The number of nitrogens with zero attached hydrogens (tertiary/aromatic N) is 2. The van der Waals surface area contributed by atoms with Crippen LogP contribution in [0.15, 0.2) is 22.7 Å². The number of carbonyl (C=O) groups excluding carboxylic acids is 1. The van der Waals surface area contributed by atoms with E-state index in [0.29, 0.717) is 11.4 Å². The van der Waals surface area contributed by atoms with Crippen LogP contribution in [0.1, 0.15) is 12.5 Å². The lowest BCUT2D eigenvalue weighted by Crippen LogP contribution is -2.48. The lowest BCUT2D eigenvalue weighted by atomic mass is 10.1. The molecule has 3 nitrogen and oxygen atoms in total. The Bertz CT molecular complexity index is 459. The average Bonchev–Trinajstić information content (AvgIpc) is 2.44. The molecule has 0 unspecified atom stereocenters. The summed E-state index contributed by atoms with van der Waals surface area (Å²) in [6.45, 7) is 6.80. The van der Waals surface area contributed by atoms with Gasteiger partial charge < -0.3 is 9.80 Å². The summed E-state index contributed by atoms with van der Waals surface area (Å²) in [4.78, 5) is 16.6. The van der Waals surface area contributed by atoms with E-state index in [-0.39, 0.29) is 5.91 Å². The van der Waals surface area contributed by atoms with Crippen LogP contribution in [-0.2, 0) is 11.2 Å². The van der Waals surface area contributed by atoms with E-state index < -0.39 is 0 Å². The van der Waals surface area contributed by atoms with Crippen LogP contribution in [0.3, 0.4) is 0 Å². The zero-order chi connectivity index (χ0) is 13.8. The summed E-state index contributed by atoms with van der Waals surface area (Å²) >= 11 is 9.49. The van der Waals surface area contributed by atoms with Crippen molar-refractivity contribution in [3.8, 4) is 0 Å². The predicted molar refractivity (Wildman–Crippen MR) is 81.6 cm³/mol. The zero-order valence-electron chi connectivity index (χ0n) is 11.0. The molecular formula is C14H18BrClN2O. The Labute approximate surface area is 127 Å². The Kier molecular flexibility index (Phi) is 5.25. The van der Waals surface area contributed by atoms with E-state index in [1.54, 1.807) is 0 Å². The molecule has 0 saturated carbocycles. The summed E-state index contributed by atoms with van der Waals surface area (Å²) in [5, 5.41) is 0.654. The van der Waals surface area contributed by atoms with Gasteiger partial charge in [0.25, 0.3) is 0 Å². The van der Waals surface area contributed by atoms with Gasteiger partial charge >= 0.3 is 0 Å². The van der Waals surface area contributed by atoms with E-state index in [1.165, 1.54) is 0 Å². The quantitative estimate of drug-likeness (QED) is 0.841. The fourth-order valence-corrected chi connectivity index (χ4v) is 2.87. The van der Waals surface area contributed by atoms with E-state index in [2.05, 4.69) is 27.8 Å². The summed E-state index contributed by atoms with van der Waals surface area (Å²) in [5.74, 6) is 0.179. The van der Waals surface area contributed by atoms with Crippen LogP contribution in [0.5, 0.6) is 0 Å². The summed E-state index contributed by atoms with van der Waals surface area (Å²) in [7, 11) is 0. The molecule has 1 heterocycles. The van der Waals surface area contributed by atoms with Gasteiger partial charge in [0.05, 0.1) is 11.4 Å². The van der Waals surface area contributed by atoms with Crippen molar-refractivity contribution < 1.29 is 4.79 Å². The Morgan fingerprint density at radius 3 is 2.63 bits per heavy atom. The minimum atomic E-state index is 0.179. The molecule has 2 rings (SSSR count). The minimum Gasteiger partial charge on any atom is -0.340 e. The first kappa shape index (κ1) is 14.8. The van der Waals surface area contributed by atoms with Gasteiger partial charge in [0, 0.05) is 30.7 Å². The topological polar surface area (TPSA) is 23.6 Å². The molecule has 0 bridgehead atoms. The van der Waals surface area contributed by atoms with Crippen molar-refractivity contribution in [1.82, 2.24) is 9.80 Å². The van der Waals surface area contributed by atoms with E-state index in [9.17, 15) is 4.79 Å². The Balaban J connectivity index is 1.96. The number of halogens is 2. The minimum absolute atomic E-state index is 0.179. The molecule has 0 N–H and O–H groups in total. The van der Waals surface area contributed by atoms with Crippen LogP contribution >= 0.6 is 27.5 Å². The number of amides is 1. The summed E-state index contributed by atoms with van der Waals surface area (Å²) in [6.07, 6.45) is 0.410. The molecule has 104 valence electrons. The van der Waals surface area contributed by atoms with Gasteiger partial charge in [-0.2, -0.15) is 0 Å². The maximum absolute atomic E-state index is 12.3. The lowest BCUT2D eigenvalue weighted by molar-refractivity contribution is -0.132. The Hall–Kier alpha value is -0.580. The smallest absolute Gasteiger partial charge is 0.227 e. The first-order valence-corrected chi connectivity index (χ1v) is 7.72. The van der Waals surface area contributed by atoms with Crippen molar-refractivity contribution in [3.63, 3.8) is 0 Å². The fraction of sp³-hybridized carbons (Fsp3) is 0.500. The highest BCUT2D eigenvalue weighted by Crippen LogP contribution is 2.26. The molecule has 19 heavy (non-hydrogen) atoms. The summed E-state index contributed by atoms with van der Waals surface area (Å²) in [5.41, 5.74) is 0.954. The number of hydrogen-bond acceptors (Lipinski definition) is 2. The van der Waals surface area contributed by atoms with E-state index >= 15 is 0 Å². The second-order valence-corrected chi connectivity index (χ2v) is 5.90. The van der Waals surface area contributed by atoms with Gasteiger partial charge in [-0.25, -0.2) is 0 Å². The number of carbonyl (C=O) groups is 1. The van der Waals surface area contributed by atoms with Crippen molar-refractivity contribution in [2.45, 2.75) is 13.3 Å². The molecular weight excluding hydrogens is 328 g/mol. The van der Waals surface area contributed by atoms with Crippen LogP contribution in [0.25, 0.3) is 0 Å². The lowest BCUT2D eigenvalue weighted by Gasteiger charge is -2.34. The highest BCUT2D eigenvalue weighted by atomic mass is 79.9. The third kappa shape index (κ3) is 3.71. The maximum Gasteiger partial charge on any atom is 0.227 e. The average molecular weight is 346 g/mol. The van der Waals surface area contributed by atoms with Gasteiger partial charge in [0.15, 0.2) is 0 Å². The van der Waals surface area contributed by atoms with Gasteiger partial charge in [-0.3, -0.25) is 4.79 Å². The first-order valence-electron chi connectivity index (χ1n) is 6.55. The molecule has 0 atom stereocenters. The van der Waals surface area contributed by atoms with Gasteiger partial charge in [0.1, 0.15) is 0 Å². The molecule has 1 aliphatic heterocycles. The summed E-state index contributed by atoms with van der Waals surface area (Å²) in [6, 6.07) is 5.64. The second kappa shape index (κ2) is 6.73. The third-order valence-electron chi connectivity index (χ3n) is 3.55. The predicted octanol–water partition coefficient (Wildman–Crippen LogP) is 2.81. The summed E-state index contributed by atoms with van der Waals surface area (Å²) < 4.78 is 0.831. The number of piperazine rings is 1. The van der Waals surface area contributed by atoms with Crippen molar-refractivity contribution in [2.75, 3.05) is 32.7 Å². The molecule has 1 aliphatic rings. The first-order chi connectivity index (χ1) is 9.11. The van der Waals surface area contributed by atoms with Crippen LogP contribution in [0.4, 0.5) is 0 Å². The number of likely N-dealkylation sites (N-methyl/N-ethyl adjacent to an activating group) is 1. The standard InChI is InChI=1S/C14H18BrClN2O/c1-2-17-6-8-18(9-7-17)13(19)10-11-4-3-5-12(16)14(11)15/h3-5H,2,6-10H2,1H3. The monoisotopic (exact) mass is 344 g/mol. The molecule has 1 aromatic rings. The highest BCUT2D eigenvalue weighted by molar-refractivity contribution is 9.10. The molecule has 0 radical (unpaired) electrons. The van der Waals surface area contributed by atoms with Gasteiger partial charge in [-0.15, -0.1) is 0 Å². The molecule has 1 aromatic carbocycles. The van der Waals surface area contributed by atoms with Crippen molar-refractivity contribution >= 4 is 33.4 Å². The largest absolute Gasteiger partial charge is 0.340 e. The molecule has 0 aliphatic carbocycles. The van der Waals surface area contributed by atoms with Crippen LogP contribution in [0.2, 0.25) is 5.02 Å². The van der Waals surface area contributed by atoms with Crippen molar-refractivity contribution in [3.05, 3.63) is 33.3 Å². The molecule has 1 amide bonds. The van der Waals surface area contributed by atoms with Crippen LogP contribution < -0.4 is 0 Å². The molecule has 1 fully saturated rings. The van der Waals surface area contributed by atoms with Gasteiger partial charge in [0.2, 0.25) is 5.91 Å². The van der Waals surface area contributed by atoms with Crippen LogP contribution in [-0.4, -0.2) is 48.4 Å². The Morgan fingerprint density at radius 1 is 1.32 bits per heavy atom. The SMILES string of the molecule is CCN1CCN(C(=O)Cc2cccc(Cl)c2Br)CC1. The maximum atomic E-state index is 12.3. The van der Waals surface area contributed by atoms with Crippen molar-refractivity contribution in [2.24, 2.45) is 0 Å². The Morgan fingerprint density at radius 2 is 2.00 bits per heavy atom. The number of hydrogen-bond donors (Lipinski definition) is 0. The van der Waals surface area contributed by atoms with Crippen LogP contribution in [0, 0.1) is 0 Å². The number of rotatable bonds is 3. The molecule has 0 spiro atoms. The van der Waals surface area contributed by atoms with Gasteiger partial charge in [-0.1, -0.05) is 30.7 Å². The van der Waals surface area contributed by atoms with Crippen molar-refractivity contribution in [1.29, 1.82) is 0 Å². The highest BCUT2D eigenvalue weighted by Gasteiger charge is 2.20.